The molecule has 1 atom stereocenters. The Morgan fingerprint density at radius 2 is 2.04 bits per heavy atom. The Labute approximate surface area is 152 Å². The lowest BCUT2D eigenvalue weighted by atomic mass is 10.0. The van der Waals surface area contributed by atoms with Crippen LogP contribution in [0.5, 0.6) is 17.4 Å². The molecule has 4 nitrogen and oxygen atoms in total. The van der Waals surface area contributed by atoms with Gasteiger partial charge in [-0.15, -0.1) is 0 Å². The van der Waals surface area contributed by atoms with Crippen LogP contribution < -0.4 is 14.8 Å². The number of aryl methyl sites for hydroxylation is 1. The molecule has 1 saturated heterocycles. The fourth-order valence-electron chi connectivity index (χ4n) is 2.64. The van der Waals surface area contributed by atoms with E-state index in [9.17, 15) is 0 Å². The number of hydrogen-bond acceptors (Lipinski definition) is 4. The largest absolute Gasteiger partial charge is 0.488 e. The number of halogens is 2. The predicted octanol–water partition coefficient (Wildman–Crippen LogP) is 4.87. The Balaban J connectivity index is 1.74. The smallest absolute Gasteiger partial charge is 0.262 e. The van der Waals surface area contributed by atoms with Crippen LogP contribution in [0.2, 0.25) is 10.0 Å². The molecule has 1 aliphatic rings. The first-order valence-corrected chi connectivity index (χ1v) is 8.81. The Kier molecular flexibility index (Phi) is 5.82. The topological polar surface area (TPSA) is 43.4 Å². The molecule has 6 heteroatoms. The zero-order valence-corrected chi connectivity index (χ0v) is 15.0. The van der Waals surface area contributed by atoms with Crippen molar-refractivity contribution in [2.45, 2.75) is 19.8 Å². The molecule has 0 amide bonds. The highest BCUT2D eigenvalue weighted by Crippen LogP contribution is 2.35. The van der Waals surface area contributed by atoms with E-state index in [-0.39, 0.29) is 0 Å². The highest BCUT2D eigenvalue weighted by Gasteiger charge is 2.16. The number of ether oxygens (including phenoxy) is 2. The molecule has 2 aromatic rings. The van der Waals surface area contributed by atoms with Gasteiger partial charge in [-0.3, -0.25) is 0 Å². The number of aromatic nitrogens is 1. The van der Waals surface area contributed by atoms with Gasteiger partial charge in [0.25, 0.3) is 5.88 Å². The average molecular weight is 367 g/mol. The lowest BCUT2D eigenvalue weighted by molar-refractivity contribution is 0.211. The summed E-state index contributed by atoms with van der Waals surface area (Å²) in [6.07, 6.45) is 2.36. The van der Waals surface area contributed by atoms with Crippen molar-refractivity contribution in [3.05, 3.63) is 46.1 Å². The summed E-state index contributed by atoms with van der Waals surface area (Å²) in [4.78, 5) is 4.44. The van der Waals surface area contributed by atoms with Crippen molar-refractivity contribution in [1.29, 1.82) is 0 Å². The van der Waals surface area contributed by atoms with Gasteiger partial charge in [0.15, 0.2) is 5.75 Å². The number of nitrogens with zero attached hydrogens (tertiary/aromatic N) is 1. The summed E-state index contributed by atoms with van der Waals surface area (Å²) in [6, 6.07) is 8.89. The number of hydrogen-bond donors (Lipinski definition) is 1. The van der Waals surface area contributed by atoms with Crippen LogP contribution in [-0.2, 0) is 0 Å². The highest BCUT2D eigenvalue weighted by atomic mass is 35.5. The minimum Gasteiger partial charge on any atom is -0.488 e. The van der Waals surface area contributed by atoms with Gasteiger partial charge in [0.2, 0.25) is 0 Å². The molecule has 1 aromatic carbocycles. The number of pyridine rings is 1. The number of benzene rings is 1. The van der Waals surface area contributed by atoms with Crippen molar-refractivity contribution >= 4 is 23.2 Å². The van der Waals surface area contributed by atoms with Crippen LogP contribution in [0.1, 0.15) is 18.5 Å². The first-order valence-electron chi connectivity index (χ1n) is 8.06. The van der Waals surface area contributed by atoms with Crippen LogP contribution in [-0.4, -0.2) is 24.7 Å². The van der Waals surface area contributed by atoms with E-state index < -0.39 is 0 Å². The van der Waals surface area contributed by atoms with Gasteiger partial charge in [-0.05, 0) is 56.6 Å². The third-order valence-corrected chi connectivity index (χ3v) is 4.47. The van der Waals surface area contributed by atoms with E-state index >= 15 is 0 Å². The summed E-state index contributed by atoms with van der Waals surface area (Å²) in [5, 5.41) is 4.39. The monoisotopic (exact) mass is 366 g/mol. The van der Waals surface area contributed by atoms with E-state index in [1.807, 2.05) is 19.1 Å². The Hall–Kier alpha value is -1.49. The number of piperidine rings is 1. The molecule has 24 heavy (non-hydrogen) atoms. The molecule has 1 aromatic heterocycles. The van der Waals surface area contributed by atoms with Crippen LogP contribution in [0.25, 0.3) is 0 Å². The van der Waals surface area contributed by atoms with Crippen LogP contribution in [0.15, 0.2) is 30.3 Å². The van der Waals surface area contributed by atoms with Crippen molar-refractivity contribution in [1.82, 2.24) is 10.3 Å². The Morgan fingerprint density at radius 1 is 1.21 bits per heavy atom. The second-order valence-corrected chi connectivity index (χ2v) is 6.80. The third-order valence-electron chi connectivity index (χ3n) is 3.94. The average Bonchev–Trinajstić information content (AvgIpc) is 2.57. The lowest BCUT2D eigenvalue weighted by Crippen LogP contribution is -2.33. The second-order valence-electron chi connectivity index (χ2n) is 5.96. The minimum absolute atomic E-state index is 0.419. The maximum atomic E-state index is 6.18. The van der Waals surface area contributed by atoms with Gasteiger partial charge in [0.1, 0.15) is 5.75 Å². The molecular formula is C18H20Cl2N2O2. The highest BCUT2D eigenvalue weighted by molar-refractivity contribution is 6.35. The Morgan fingerprint density at radius 3 is 2.79 bits per heavy atom. The fraction of sp³-hybridized carbons (Fsp3) is 0.389. The van der Waals surface area contributed by atoms with E-state index in [0.29, 0.717) is 39.9 Å². The third kappa shape index (κ3) is 4.53. The molecule has 3 rings (SSSR count). The molecule has 2 heterocycles. The quantitative estimate of drug-likeness (QED) is 0.819. The van der Waals surface area contributed by atoms with E-state index in [0.717, 1.165) is 18.8 Å². The lowest BCUT2D eigenvalue weighted by Gasteiger charge is -2.23. The normalized spacial score (nSPS) is 17.5. The van der Waals surface area contributed by atoms with Crippen LogP contribution in [0.4, 0.5) is 0 Å². The minimum atomic E-state index is 0.419. The van der Waals surface area contributed by atoms with E-state index in [1.54, 1.807) is 18.2 Å². The van der Waals surface area contributed by atoms with Crippen LogP contribution in [0, 0.1) is 12.8 Å². The molecule has 1 N–H and O–H groups in total. The summed E-state index contributed by atoms with van der Waals surface area (Å²) in [5.41, 5.74) is 0.849. The van der Waals surface area contributed by atoms with Crippen molar-refractivity contribution < 1.29 is 9.47 Å². The molecule has 1 fully saturated rings. The van der Waals surface area contributed by atoms with E-state index in [4.69, 9.17) is 32.7 Å². The van der Waals surface area contributed by atoms with E-state index in [1.165, 1.54) is 12.8 Å². The molecule has 0 unspecified atom stereocenters. The van der Waals surface area contributed by atoms with Gasteiger partial charge in [0, 0.05) is 23.2 Å². The number of rotatable bonds is 5. The second kappa shape index (κ2) is 8.06. The van der Waals surface area contributed by atoms with Gasteiger partial charge in [0.05, 0.1) is 11.6 Å². The molecule has 128 valence electrons. The fourth-order valence-corrected chi connectivity index (χ4v) is 3.09. The Bertz CT molecular complexity index is 703. The van der Waals surface area contributed by atoms with Crippen molar-refractivity contribution in [3.63, 3.8) is 0 Å². The maximum absolute atomic E-state index is 6.18. The first-order chi connectivity index (χ1) is 11.6. The molecule has 0 saturated carbocycles. The first kappa shape index (κ1) is 17.3. The van der Waals surface area contributed by atoms with Gasteiger partial charge >= 0.3 is 0 Å². The number of nitrogens with one attached hydrogen (secondary N) is 1. The van der Waals surface area contributed by atoms with Crippen LogP contribution >= 0.6 is 23.2 Å². The van der Waals surface area contributed by atoms with Crippen molar-refractivity contribution in [2.24, 2.45) is 5.92 Å². The summed E-state index contributed by atoms with van der Waals surface area (Å²) in [5.74, 6) is 2.05. The zero-order chi connectivity index (χ0) is 16.9. The zero-order valence-electron chi connectivity index (χ0n) is 13.5. The molecule has 0 radical (unpaired) electrons. The van der Waals surface area contributed by atoms with Crippen LogP contribution in [0.3, 0.4) is 0 Å². The predicted molar refractivity (Wildman–Crippen MR) is 96.6 cm³/mol. The summed E-state index contributed by atoms with van der Waals surface area (Å²) in [6.45, 7) is 4.62. The van der Waals surface area contributed by atoms with E-state index in [2.05, 4.69) is 10.3 Å². The standard InChI is InChI=1S/C18H20Cl2N2O2/c1-12-4-6-17(23-11-13-3-2-8-21-10-13)18(22-12)24-16-7-5-14(19)9-15(16)20/h4-7,9,13,21H,2-3,8,10-11H2,1H3/t13-/m0/s1. The summed E-state index contributed by atoms with van der Waals surface area (Å²) < 4.78 is 11.8. The van der Waals surface area contributed by atoms with Gasteiger partial charge in [-0.2, -0.15) is 0 Å². The summed E-state index contributed by atoms with van der Waals surface area (Å²) >= 11 is 12.1. The molecule has 0 bridgehead atoms. The molecule has 0 spiro atoms. The molecule has 1 aliphatic heterocycles. The van der Waals surface area contributed by atoms with Gasteiger partial charge in [-0.25, -0.2) is 4.98 Å². The SMILES string of the molecule is Cc1ccc(OC[C@H]2CCCNC2)c(Oc2ccc(Cl)cc2Cl)n1. The van der Waals surface area contributed by atoms with Gasteiger partial charge in [-0.1, -0.05) is 23.2 Å². The maximum Gasteiger partial charge on any atom is 0.262 e. The summed E-state index contributed by atoms with van der Waals surface area (Å²) in [7, 11) is 0. The van der Waals surface area contributed by atoms with Gasteiger partial charge < -0.3 is 14.8 Å². The van der Waals surface area contributed by atoms with Crippen molar-refractivity contribution in [2.75, 3.05) is 19.7 Å². The molecular weight excluding hydrogens is 347 g/mol. The molecule has 0 aliphatic carbocycles. The van der Waals surface area contributed by atoms with Crippen molar-refractivity contribution in [3.8, 4) is 17.4 Å².